The summed E-state index contributed by atoms with van der Waals surface area (Å²) in [5.74, 6) is -1.27. The Morgan fingerprint density at radius 1 is 1.35 bits per heavy atom. The van der Waals surface area contributed by atoms with Crippen LogP contribution in [0.3, 0.4) is 0 Å². The van der Waals surface area contributed by atoms with Crippen molar-refractivity contribution in [3.63, 3.8) is 0 Å². The molecule has 0 saturated carbocycles. The lowest BCUT2D eigenvalue weighted by atomic mass is 10.1. The predicted molar refractivity (Wildman–Crippen MR) is 73.0 cm³/mol. The number of aromatic hydroxyl groups is 1. The number of benzene rings is 1. The van der Waals surface area contributed by atoms with Crippen LogP contribution in [-0.4, -0.2) is 34.5 Å². The summed E-state index contributed by atoms with van der Waals surface area (Å²) in [5.41, 5.74) is 0.977. The minimum absolute atomic E-state index is 0.0925. The number of rotatable bonds is 4. The topological polar surface area (TPSA) is 53.4 Å². The van der Waals surface area contributed by atoms with Crippen molar-refractivity contribution in [2.24, 2.45) is 0 Å². The van der Waals surface area contributed by atoms with Crippen LogP contribution in [0.15, 0.2) is 42.6 Å². The van der Waals surface area contributed by atoms with Crippen LogP contribution in [0.25, 0.3) is 0 Å². The maximum Gasteiger partial charge on any atom is 0.257 e. The zero-order valence-electron chi connectivity index (χ0n) is 11.1. The third-order valence-electron chi connectivity index (χ3n) is 2.97. The number of phenols is 1. The van der Waals surface area contributed by atoms with Crippen LogP contribution in [0, 0.1) is 5.82 Å². The number of hydrogen-bond donors (Lipinski definition) is 1. The first-order chi connectivity index (χ1) is 9.58. The molecule has 0 atom stereocenters. The van der Waals surface area contributed by atoms with Crippen molar-refractivity contribution in [2.75, 3.05) is 13.6 Å². The SMILES string of the molecule is CN(CCc1ccccn1)C(=O)c1ccc(F)cc1O. The highest BCUT2D eigenvalue weighted by atomic mass is 19.1. The van der Waals surface area contributed by atoms with Gasteiger partial charge in [0.25, 0.3) is 5.91 Å². The molecule has 20 heavy (non-hydrogen) atoms. The first-order valence-electron chi connectivity index (χ1n) is 6.22. The molecule has 1 N–H and O–H groups in total. The fourth-order valence-corrected chi connectivity index (χ4v) is 1.82. The zero-order chi connectivity index (χ0) is 14.5. The molecule has 1 aromatic heterocycles. The molecule has 0 aliphatic rings. The second kappa shape index (κ2) is 6.14. The average Bonchev–Trinajstić information content (AvgIpc) is 2.45. The largest absolute Gasteiger partial charge is 0.507 e. The van der Waals surface area contributed by atoms with Crippen LogP contribution in [0.2, 0.25) is 0 Å². The number of carbonyl (C=O) groups excluding carboxylic acids is 1. The van der Waals surface area contributed by atoms with Gasteiger partial charge in [-0.1, -0.05) is 6.07 Å². The van der Waals surface area contributed by atoms with Crippen molar-refractivity contribution in [3.8, 4) is 5.75 Å². The lowest BCUT2D eigenvalue weighted by Crippen LogP contribution is -2.29. The van der Waals surface area contributed by atoms with Gasteiger partial charge in [0.05, 0.1) is 5.56 Å². The molecular weight excluding hydrogens is 259 g/mol. The van der Waals surface area contributed by atoms with E-state index in [1.54, 1.807) is 13.2 Å². The van der Waals surface area contributed by atoms with E-state index in [1.165, 1.54) is 11.0 Å². The van der Waals surface area contributed by atoms with Crippen molar-refractivity contribution in [1.82, 2.24) is 9.88 Å². The number of phenolic OH excluding ortho intramolecular Hbond substituents is 1. The Labute approximate surface area is 116 Å². The van der Waals surface area contributed by atoms with Gasteiger partial charge in [0.2, 0.25) is 0 Å². The minimum atomic E-state index is -0.574. The number of amides is 1. The van der Waals surface area contributed by atoms with Gasteiger partial charge in [0.15, 0.2) is 0 Å². The van der Waals surface area contributed by atoms with E-state index in [2.05, 4.69) is 4.98 Å². The molecule has 1 heterocycles. The van der Waals surface area contributed by atoms with E-state index >= 15 is 0 Å². The molecular formula is C15H15FN2O2. The summed E-state index contributed by atoms with van der Waals surface area (Å²) in [7, 11) is 1.63. The number of carbonyl (C=O) groups is 1. The molecule has 1 aromatic carbocycles. The lowest BCUT2D eigenvalue weighted by molar-refractivity contribution is 0.0793. The van der Waals surface area contributed by atoms with Crippen LogP contribution in [0.1, 0.15) is 16.1 Å². The Balaban J connectivity index is 2.01. The molecule has 0 aliphatic heterocycles. The summed E-state index contributed by atoms with van der Waals surface area (Å²) in [4.78, 5) is 17.8. The van der Waals surface area contributed by atoms with Crippen LogP contribution in [-0.2, 0) is 6.42 Å². The lowest BCUT2D eigenvalue weighted by Gasteiger charge is -2.17. The molecule has 4 nitrogen and oxygen atoms in total. The standard InChI is InChI=1S/C15H15FN2O2/c1-18(9-7-12-4-2-3-8-17-12)15(20)13-6-5-11(16)10-14(13)19/h2-6,8,10,19H,7,9H2,1H3. The fraction of sp³-hybridized carbons (Fsp3) is 0.200. The summed E-state index contributed by atoms with van der Waals surface area (Å²) in [6, 6.07) is 8.96. The molecule has 0 fully saturated rings. The number of nitrogens with zero attached hydrogens (tertiary/aromatic N) is 2. The number of likely N-dealkylation sites (N-methyl/N-ethyl adjacent to an activating group) is 1. The maximum absolute atomic E-state index is 12.9. The average molecular weight is 274 g/mol. The van der Waals surface area contributed by atoms with E-state index in [9.17, 15) is 14.3 Å². The summed E-state index contributed by atoms with van der Waals surface area (Å²) >= 11 is 0. The first kappa shape index (κ1) is 14.0. The van der Waals surface area contributed by atoms with Gasteiger partial charge in [0, 0.05) is 38.0 Å². The molecule has 0 saturated heterocycles. The van der Waals surface area contributed by atoms with Crippen molar-refractivity contribution in [2.45, 2.75) is 6.42 Å². The van der Waals surface area contributed by atoms with Crippen molar-refractivity contribution < 1.29 is 14.3 Å². The number of aromatic nitrogens is 1. The van der Waals surface area contributed by atoms with Gasteiger partial charge in [-0.15, -0.1) is 0 Å². The van der Waals surface area contributed by atoms with Crippen molar-refractivity contribution in [3.05, 3.63) is 59.7 Å². The molecule has 0 spiro atoms. The normalized spacial score (nSPS) is 10.3. The zero-order valence-corrected chi connectivity index (χ0v) is 11.1. The van der Waals surface area contributed by atoms with Gasteiger partial charge in [-0.2, -0.15) is 0 Å². The van der Waals surface area contributed by atoms with Gasteiger partial charge in [-0.05, 0) is 24.3 Å². The molecule has 0 unspecified atom stereocenters. The van der Waals surface area contributed by atoms with Gasteiger partial charge in [-0.25, -0.2) is 4.39 Å². The molecule has 104 valence electrons. The summed E-state index contributed by atoms with van der Waals surface area (Å²) in [5, 5.41) is 9.60. The Hall–Kier alpha value is -2.43. The summed E-state index contributed by atoms with van der Waals surface area (Å²) < 4.78 is 12.9. The Kier molecular flexibility index (Phi) is 4.30. The second-order valence-electron chi connectivity index (χ2n) is 4.46. The Morgan fingerprint density at radius 3 is 2.80 bits per heavy atom. The molecule has 0 aliphatic carbocycles. The number of halogens is 1. The van der Waals surface area contributed by atoms with Crippen molar-refractivity contribution in [1.29, 1.82) is 0 Å². The van der Waals surface area contributed by atoms with Gasteiger partial charge in [-0.3, -0.25) is 9.78 Å². The summed E-state index contributed by atoms with van der Waals surface area (Å²) in [6.07, 6.45) is 2.31. The molecule has 5 heteroatoms. The molecule has 1 amide bonds. The van der Waals surface area contributed by atoms with E-state index in [0.29, 0.717) is 13.0 Å². The minimum Gasteiger partial charge on any atom is -0.507 e. The highest BCUT2D eigenvalue weighted by Crippen LogP contribution is 2.19. The fourth-order valence-electron chi connectivity index (χ4n) is 1.82. The van der Waals surface area contributed by atoms with Crippen LogP contribution >= 0.6 is 0 Å². The van der Waals surface area contributed by atoms with Crippen molar-refractivity contribution >= 4 is 5.91 Å². The van der Waals surface area contributed by atoms with Gasteiger partial charge in [0.1, 0.15) is 11.6 Å². The third-order valence-corrected chi connectivity index (χ3v) is 2.97. The highest BCUT2D eigenvalue weighted by molar-refractivity contribution is 5.96. The molecule has 2 rings (SSSR count). The first-order valence-corrected chi connectivity index (χ1v) is 6.22. The third kappa shape index (κ3) is 3.32. The van der Waals surface area contributed by atoms with E-state index in [4.69, 9.17) is 0 Å². The highest BCUT2D eigenvalue weighted by Gasteiger charge is 2.16. The van der Waals surface area contributed by atoms with E-state index in [-0.39, 0.29) is 17.2 Å². The van der Waals surface area contributed by atoms with E-state index in [1.807, 2.05) is 18.2 Å². The monoisotopic (exact) mass is 274 g/mol. The van der Waals surface area contributed by atoms with E-state index in [0.717, 1.165) is 17.8 Å². The smallest absolute Gasteiger partial charge is 0.257 e. The quantitative estimate of drug-likeness (QED) is 0.930. The maximum atomic E-state index is 12.9. The predicted octanol–water partition coefficient (Wildman–Crippen LogP) is 2.24. The second-order valence-corrected chi connectivity index (χ2v) is 4.46. The van der Waals surface area contributed by atoms with Gasteiger partial charge < -0.3 is 10.0 Å². The van der Waals surface area contributed by atoms with Gasteiger partial charge >= 0.3 is 0 Å². The Morgan fingerprint density at radius 2 is 2.15 bits per heavy atom. The molecule has 2 aromatic rings. The Bertz CT molecular complexity index is 602. The number of pyridine rings is 1. The van der Waals surface area contributed by atoms with Crippen LogP contribution in [0.4, 0.5) is 4.39 Å². The molecule has 0 radical (unpaired) electrons. The summed E-state index contributed by atoms with van der Waals surface area (Å²) in [6.45, 7) is 0.465. The van der Waals surface area contributed by atoms with Crippen LogP contribution < -0.4 is 0 Å². The van der Waals surface area contributed by atoms with E-state index < -0.39 is 5.82 Å². The molecule has 0 bridgehead atoms. The van der Waals surface area contributed by atoms with Crippen LogP contribution in [0.5, 0.6) is 5.75 Å². The number of hydrogen-bond acceptors (Lipinski definition) is 3.